The van der Waals surface area contributed by atoms with Gasteiger partial charge in [-0.15, -0.1) is 0 Å². The number of benzene rings is 1. The zero-order valence-corrected chi connectivity index (χ0v) is 12.2. The molecule has 5 heteroatoms. The topological polar surface area (TPSA) is 23.5 Å². The lowest BCUT2D eigenvalue weighted by molar-refractivity contribution is -0.137. The van der Waals surface area contributed by atoms with Crippen molar-refractivity contribution in [2.75, 3.05) is 13.1 Å². The summed E-state index contributed by atoms with van der Waals surface area (Å²) in [5, 5.41) is 10.3. The molecule has 2 nitrogen and oxygen atoms in total. The van der Waals surface area contributed by atoms with Crippen molar-refractivity contribution in [1.29, 1.82) is 0 Å². The highest BCUT2D eigenvalue weighted by molar-refractivity contribution is 5.27. The molecule has 1 aliphatic carbocycles. The highest BCUT2D eigenvalue weighted by Crippen LogP contribution is 2.31. The van der Waals surface area contributed by atoms with Crippen molar-refractivity contribution in [3.05, 3.63) is 35.4 Å². The SMILES string of the molecule is CCN(CC(O)c1cccc(C(F)(F)F)c1)C1CCCC1. The van der Waals surface area contributed by atoms with Crippen LogP contribution in [-0.2, 0) is 6.18 Å². The van der Waals surface area contributed by atoms with Crippen LogP contribution in [0.2, 0.25) is 0 Å². The molecule has 0 amide bonds. The van der Waals surface area contributed by atoms with Crippen LogP contribution < -0.4 is 0 Å². The third-order valence-corrected chi connectivity index (χ3v) is 4.25. The quantitative estimate of drug-likeness (QED) is 0.888. The van der Waals surface area contributed by atoms with Gasteiger partial charge in [0.05, 0.1) is 11.7 Å². The van der Waals surface area contributed by atoms with E-state index in [0.717, 1.165) is 31.5 Å². The van der Waals surface area contributed by atoms with Gasteiger partial charge in [-0.05, 0) is 37.1 Å². The predicted octanol–water partition coefficient (Wildman–Crippen LogP) is 4.00. The minimum Gasteiger partial charge on any atom is -0.387 e. The minimum atomic E-state index is -4.37. The van der Waals surface area contributed by atoms with Crippen LogP contribution in [0.1, 0.15) is 49.8 Å². The second-order valence-electron chi connectivity index (χ2n) is 5.66. The first-order chi connectivity index (χ1) is 9.91. The van der Waals surface area contributed by atoms with E-state index in [4.69, 9.17) is 0 Å². The van der Waals surface area contributed by atoms with Crippen LogP contribution in [0.15, 0.2) is 24.3 Å². The van der Waals surface area contributed by atoms with Gasteiger partial charge in [-0.3, -0.25) is 4.90 Å². The second kappa shape index (κ2) is 6.79. The van der Waals surface area contributed by atoms with E-state index < -0.39 is 17.8 Å². The Kier molecular flexibility index (Phi) is 5.27. The van der Waals surface area contributed by atoms with Gasteiger partial charge < -0.3 is 5.11 Å². The zero-order valence-electron chi connectivity index (χ0n) is 12.2. The molecule has 1 aromatic rings. The summed E-state index contributed by atoms with van der Waals surface area (Å²) in [6, 6.07) is 5.45. The second-order valence-corrected chi connectivity index (χ2v) is 5.66. The molecule has 118 valence electrons. The number of halogens is 3. The fourth-order valence-electron chi connectivity index (χ4n) is 3.06. The van der Waals surface area contributed by atoms with Crippen LogP contribution in [0.3, 0.4) is 0 Å². The van der Waals surface area contributed by atoms with Crippen molar-refractivity contribution in [2.45, 2.75) is 50.9 Å². The van der Waals surface area contributed by atoms with E-state index in [-0.39, 0.29) is 0 Å². The third kappa shape index (κ3) is 4.20. The molecule has 1 atom stereocenters. The molecule has 0 radical (unpaired) electrons. The average molecular weight is 301 g/mol. The molecule has 1 aromatic carbocycles. The molecule has 0 aliphatic heterocycles. The first kappa shape index (κ1) is 16.3. The van der Waals surface area contributed by atoms with E-state index >= 15 is 0 Å². The van der Waals surface area contributed by atoms with Gasteiger partial charge in [0.2, 0.25) is 0 Å². The van der Waals surface area contributed by atoms with Crippen molar-refractivity contribution in [2.24, 2.45) is 0 Å². The first-order valence-corrected chi connectivity index (χ1v) is 7.51. The molecular formula is C16H22F3NO. The van der Waals surface area contributed by atoms with Crippen LogP contribution in [-0.4, -0.2) is 29.1 Å². The van der Waals surface area contributed by atoms with Crippen molar-refractivity contribution in [1.82, 2.24) is 4.90 Å². The summed E-state index contributed by atoms with van der Waals surface area (Å²) in [6.07, 6.45) is -0.632. The molecule has 1 saturated carbocycles. The van der Waals surface area contributed by atoms with Gasteiger partial charge >= 0.3 is 6.18 Å². The molecule has 1 unspecified atom stereocenters. The molecule has 0 bridgehead atoms. The van der Waals surface area contributed by atoms with E-state index in [1.54, 1.807) is 6.07 Å². The average Bonchev–Trinajstić information content (AvgIpc) is 2.97. The molecule has 2 rings (SSSR count). The molecule has 21 heavy (non-hydrogen) atoms. The van der Waals surface area contributed by atoms with Crippen molar-refractivity contribution < 1.29 is 18.3 Å². The van der Waals surface area contributed by atoms with Gasteiger partial charge in [-0.2, -0.15) is 13.2 Å². The van der Waals surface area contributed by atoms with Crippen LogP contribution in [0, 0.1) is 0 Å². The van der Waals surface area contributed by atoms with Crippen LogP contribution in [0.5, 0.6) is 0 Å². The first-order valence-electron chi connectivity index (χ1n) is 7.51. The van der Waals surface area contributed by atoms with E-state index in [2.05, 4.69) is 4.90 Å². The largest absolute Gasteiger partial charge is 0.416 e. The standard InChI is InChI=1S/C16H22F3NO/c1-2-20(14-8-3-4-9-14)11-15(21)12-6-5-7-13(10-12)16(17,18)19/h5-7,10,14-15,21H,2-4,8-9,11H2,1H3. The number of nitrogens with zero attached hydrogens (tertiary/aromatic N) is 1. The maximum atomic E-state index is 12.7. The number of alkyl halides is 3. The Balaban J connectivity index is 2.06. The highest BCUT2D eigenvalue weighted by atomic mass is 19.4. The number of aliphatic hydroxyl groups excluding tert-OH is 1. The molecule has 1 N–H and O–H groups in total. The fraction of sp³-hybridized carbons (Fsp3) is 0.625. The van der Waals surface area contributed by atoms with Crippen LogP contribution >= 0.6 is 0 Å². The number of hydrogen-bond donors (Lipinski definition) is 1. The Hall–Kier alpha value is -1.07. The van der Waals surface area contributed by atoms with E-state index in [9.17, 15) is 18.3 Å². The van der Waals surface area contributed by atoms with Gasteiger partial charge in [0.25, 0.3) is 0 Å². The lowest BCUT2D eigenvalue weighted by Gasteiger charge is -2.29. The number of hydrogen-bond acceptors (Lipinski definition) is 2. The predicted molar refractivity (Wildman–Crippen MR) is 75.9 cm³/mol. The molecular weight excluding hydrogens is 279 g/mol. The highest BCUT2D eigenvalue weighted by Gasteiger charge is 2.31. The zero-order chi connectivity index (χ0) is 15.5. The summed E-state index contributed by atoms with van der Waals surface area (Å²) in [5.74, 6) is 0. The summed E-state index contributed by atoms with van der Waals surface area (Å²) >= 11 is 0. The Morgan fingerprint density at radius 3 is 2.52 bits per heavy atom. The maximum Gasteiger partial charge on any atom is 0.416 e. The van der Waals surface area contributed by atoms with Gasteiger partial charge in [0.15, 0.2) is 0 Å². The Morgan fingerprint density at radius 1 is 1.29 bits per heavy atom. The van der Waals surface area contributed by atoms with Crippen molar-refractivity contribution in [3.63, 3.8) is 0 Å². The number of aliphatic hydroxyl groups is 1. The lowest BCUT2D eigenvalue weighted by atomic mass is 10.0. The molecule has 0 spiro atoms. The normalized spacial score (nSPS) is 18.4. The third-order valence-electron chi connectivity index (χ3n) is 4.25. The lowest BCUT2D eigenvalue weighted by Crippen LogP contribution is -2.36. The fourth-order valence-corrected chi connectivity index (χ4v) is 3.06. The van der Waals surface area contributed by atoms with Crippen molar-refractivity contribution in [3.8, 4) is 0 Å². The minimum absolute atomic E-state index is 0.335. The van der Waals surface area contributed by atoms with Gasteiger partial charge in [0.1, 0.15) is 0 Å². The van der Waals surface area contributed by atoms with Crippen LogP contribution in [0.25, 0.3) is 0 Å². The van der Waals surface area contributed by atoms with Crippen LogP contribution in [0.4, 0.5) is 13.2 Å². The molecule has 1 aliphatic rings. The summed E-state index contributed by atoms with van der Waals surface area (Å²) in [4.78, 5) is 2.18. The van der Waals surface area contributed by atoms with Crippen molar-refractivity contribution >= 4 is 0 Å². The van der Waals surface area contributed by atoms with Gasteiger partial charge in [-0.1, -0.05) is 31.9 Å². The monoisotopic (exact) mass is 301 g/mol. The Morgan fingerprint density at radius 2 is 1.95 bits per heavy atom. The van der Waals surface area contributed by atoms with Gasteiger partial charge in [0, 0.05) is 12.6 Å². The summed E-state index contributed by atoms with van der Waals surface area (Å²) < 4.78 is 38.1. The molecule has 1 fully saturated rings. The smallest absolute Gasteiger partial charge is 0.387 e. The number of likely N-dealkylation sites (N-methyl/N-ethyl adjacent to an activating group) is 1. The van der Waals surface area contributed by atoms with E-state index in [1.807, 2.05) is 6.92 Å². The molecule has 0 saturated heterocycles. The van der Waals surface area contributed by atoms with E-state index in [0.29, 0.717) is 18.2 Å². The summed E-state index contributed by atoms with van der Waals surface area (Å²) in [7, 11) is 0. The summed E-state index contributed by atoms with van der Waals surface area (Å²) in [5.41, 5.74) is -0.371. The number of rotatable bonds is 5. The van der Waals surface area contributed by atoms with Gasteiger partial charge in [-0.25, -0.2) is 0 Å². The molecule has 0 aromatic heterocycles. The van der Waals surface area contributed by atoms with E-state index in [1.165, 1.54) is 18.9 Å². The Bertz CT molecular complexity index is 455. The Labute approximate surface area is 123 Å². The summed E-state index contributed by atoms with van der Waals surface area (Å²) in [6.45, 7) is 3.22. The molecule has 0 heterocycles. The maximum absolute atomic E-state index is 12.7.